The normalized spacial score (nSPS) is 15.7. The van der Waals surface area contributed by atoms with Crippen LogP contribution in [0.15, 0.2) is 60.7 Å². The zero-order valence-corrected chi connectivity index (χ0v) is 18.9. The number of hydrogen-bond acceptors (Lipinski definition) is 3. The lowest BCUT2D eigenvalue weighted by Gasteiger charge is -2.19. The smallest absolute Gasteiger partial charge is 0.229 e. The predicted molar refractivity (Wildman–Crippen MR) is 127 cm³/mol. The lowest BCUT2D eigenvalue weighted by atomic mass is 10.1. The molecular weight excluding hydrogens is 400 g/mol. The maximum atomic E-state index is 12.8. The maximum Gasteiger partial charge on any atom is 0.229 e. The molecule has 4 rings (SSSR count). The summed E-state index contributed by atoms with van der Waals surface area (Å²) >= 11 is 0. The molecule has 1 heterocycles. The molecule has 0 spiro atoms. The second-order valence-corrected chi connectivity index (χ2v) is 8.51. The first kappa shape index (κ1) is 21.6. The van der Waals surface area contributed by atoms with Gasteiger partial charge in [-0.05, 0) is 80.8 Å². The van der Waals surface area contributed by atoms with E-state index in [9.17, 15) is 9.59 Å². The van der Waals surface area contributed by atoms with E-state index in [1.165, 1.54) is 5.56 Å². The van der Waals surface area contributed by atoms with Crippen molar-refractivity contribution in [2.24, 2.45) is 5.92 Å². The summed E-state index contributed by atoms with van der Waals surface area (Å²) in [5, 5.41) is 2.94. The lowest BCUT2D eigenvalue weighted by molar-refractivity contribution is -0.122. The van der Waals surface area contributed by atoms with Gasteiger partial charge in [-0.3, -0.25) is 9.59 Å². The molecule has 3 aromatic rings. The fourth-order valence-electron chi connectivity index (χ4n) is 4.04. The number of ether oxygens (including phenoxy) is 1. The van der Waals surface area contributed by atoms with Gasteiger partial charge in [0.05, 0.1) is 5.92 Å². The van der Waals surface area contributed by atoms with Crippen LogP contribution in [0.3, 0.4) is 0 Å². The highest BCUT2D eigenvalue weighted by Gasteiger charge is 2.35. The van der Waals surface area contributed by atoms with Crippen LogP contribution in [0, 0.1) is 33.6 Å². The Bertz CT molecular complexity index is 1170. The summed E-state index contributed by atoms with van der Waals surface area (Å²) in [6.07, 6.45) is 0.215. The van der Waals surface area contributed by atoms with Crippen molar-refractivity contribution in [3.8, 4) is 11.5 Å². The minimum Gasteiger partial charge on any atom is -0.457 e. The molecule has 1 aliphatic heterocycles. The summed E-state index contributed by atoms with van der Waals surface area (Å²) in [6, 6.07) is 19.3. The second kappa shape index (κ2) is 8.87. The van der Waals surface area contributed by atoms with Crippen LogP contribution in [-0.2, 0) is 9.59 Å². The van der Waals surface area contributed by atoms with E-state index in [1.807, 2.05) is 69.3 Å². The molecule has 5 heteroatoms. The first-order chi connectivity index (χ1) is 15.3. The largest absolute Gasteiger partial charge is 0.457 e. The number of nitrogens with one attached hydrogen (secondary N) is 1. The summed E-state index contributed by atoms with van der Waals surface area (Å²) in [5.41, 5.74) is 6.03. The number of aryl methyl sites for hydroxylation is 3. The van der Waals surface area contributed by atoms with Crippen LogP contribution >= 0.6 is 0 Å². The van der Waals surface area contributed by atoms with Crippen molar-refractivity contribution in [2.45, 2.75) is 34.1 Å². The van der Waals surface area contributed by atoms with Gasteiger partial charge in [-0.15, -0.1) is 0 Å². The molecule has 2 amide bonds. The average Bonchev–Trinajstić information content (AvgIpc) is 3.14. The Hall–Kier alpha value is -3.60. The number of carbonyl (C=O) groups excluding carboxylic acids is 2. The quantitative estimate of drug-likeness (QED) is 0.567. The van der Waals surface area contributed by atoms with Crippen LogP contribution in [0.25, 0.3) is 0 Å². The highest BCUT2D eigenvalue weighted by molar-refractivity contribution is 6.03. The SMILES string of the molecule is Cc1ccc(N2C[C@@H](C(=O)Nc3ccc(Oc4cccc(C)c4C)cc3)CC2=O)c(C)c1. The molecule has 0 radical (unpaired) electrons. The van der Waals surface area contributed by atoms with Crippen molar-refractivity contribution < 1.29 is 14.3 Å². The zero-order valence-electron chi connectivity index (χ0n) is 18.9. The van der Waals surface area contributed by atoms with E-state index in [4.69, 9.17) is 4.74 Å². The Kier molecular flexibility index (Phi) is 5.99. The minimum absolute atomic E-state index is 0.0191. The zero-order chi connectivity index (χ0) is 22.8. The van der Waals surface area contributed by atoms with E-state index in [2.05, 4.69) is 24.4 Å². The van der Waals surface area contributed by atoms with E-state index >= 15 is 0 Å². The molecule has 32 heavy (non-hydrogen) atoms. The highest BCUT2D eigenvalue weighted by Crippen LogP contribution is 2.30. The predicted octanol–water partition coefficient (Wildman–Crippen LogP) is 5.70. The van der Waals surface area contributed by atoms with Gasteiger partial charge in [-0.2, -0.15) is 0 Å². The molecule has 0 aliphatic carbocycles. The van der Waals surface area contributed by atoms with Crippen LogP contribution in [0.1, 0.15) is 28.7 Å². The third-order valence-electron chi connectivity index (χ3n) is 6.04. The van der Waals surface area contributed by atoms with Crippen molar-refractivity contribution in [3.05, 3.63) is 82.9 Å². The van der Waals surface area contributed by atoms with Crippen molar-refractivity contribution in [3.63, 3.8) is 0 Å². The summed E-state index contributed by atoms with van der Waals surface area (Å²) in [4.78, 5) is 27.1. The first-order valence-corrected chi connectivity index (χ1v) is 10.8. The van der Waals surface area contributed by atoms with Gasteiger partial charge in [0.1, 0.15) is 11.5 Å². The van der Waals surface area contributed by atoms with Crippen LogP contribution in [0.4, 0.5) is 11.4 Å². The molecule has 1 fully saturated rings. The maximum absolute atomic E-state index is 12.8. The molecule has 1 N–H and O–H groups in total. The van der Waals surface area contributed by atoms with Gasteiger partial charge >= 0.3 is 0 Å². The molecule has 0 aromatic heterocycles. The molecule has 0 unspecified atom stereocenters. The van der Waals surface area contributed by atoms with Crippen LogP contribution < -0.4 is 15.0 Å². The molecule has 0 saturated carbocycles. The number of rotatable bonds is 5. The Morgan fingerprint density at radius 3 is 2.44 bits per heavy atom. The van der Waals surface area contributed by atoms with E-state index in [0.717, 1.165) is 28.1 Å². The van der Waals surface area contributed by atoms with Gasteiger partial charge < -0.3 is 15.0 Å². The highest BCUT2D eigenvalue weighted by atomic mass is 16.5. The van der Waals surface area contributed by atoms with Gasteiger partial charge in [0.15, 0.2) is 0 Å². The van der Waals surface area contributed by atoms with Crippen molar-refractivity contribution >= 4 is 23.2 Å². The Labute approximate surface area is 189 Å². The van der Waals surface area contributed by atoms with Crippen molar-refractivity contribution in [2.75, 3.05) is 16.8 Å². The molecule has 3 aromatic carbocycles. The third-order valence-corrected chi connectivity index (χ3v) is 6.04. The molecular formula is C27H28N2O3. The number of benzene rings is 3. The molecule has 1 aliphatic rings. The molecule has 0 bridgehead atoms. The van der Waals surface area contributed by atoms with Crippen molar-refractivity contribution in [1.82, 2.24) is 0 Å². The van der Waals surface area contributed by atoms with Crippen LogP contribution in [0.2, 0.25) is 0 Å². The van der Waals surface area contributed by atoms with E-state index in [-0.39, 0.29) is 24.2 Å². The number of carbonyl (C=O) groups is 2. The molecule has 1 saturated heterocycles. The van der Waals surface area contributed by atoms with Gasteiger partial charge in [0, 0.05) is 24.3 Å². The average molecular weight is 429 g/mol. The van der Waals surface area contributed by atoms with Gasteiger partial charge in [-0.1, -0.05) is 29.8 Å². The number of hydrogen-bond donors (Lipinski definition) is 1. The second-order valence-electron chi connectivity index (χ2n) is 8.51. The summed E-state index contributed by atoms with van der Waals surface area (Å²) in [6.45, 7) is 8.49. The van der Waals surface area contributed by atoms with Crippen LogP contribution in [-0.4, -0.2) is 18.4 Å². The van der Waals surface area contributed by atoms with Gasteiger partial charge in [-0.25, -0.2) is 0 Å². The number of amides is 2. The summed E-state index contributed by atoms with van der Waals surface area (Å²) in [7, 11) is 0. The Morgan fingerprint density at radius 2 is 1.72 bits per heavy atom. The summed E-state index contributed by atoms with van der Waals surface area (Å²) in [5.74, 6) is 0.976. The van der Waals surface area contributed by atoms with E-state index in [1.54, 1.807) is 4.90 Å². The topological polar surface area (TPSA) is 58.6 Å². The van der Waals surface area contributed by atoms with Crippen molar-refractivity contribution in [1.29, 1.82) is 0 Å². The minimum atomic E-state index is -0.380. The summed E-state index contributed by atoms with van der Waals surface area (Å²) < 4.78 is 5.98. The van der Waals surface area contributed by atoms with Gasteiger partial charge in [0.25, 0.3) is 0 Å². The molecule has 5 nitrogen and oxygen atoms in total. The number of nitrogens with zero attached hydrogens (tertiary/aromatic N) is 1. The molecule has 1 atom stereocenters. The Balaban J connectivity index is 1.40. The van der Waals surface area contributed by atoms with Crippen LogP contribution in [0.5, 0.6) is 11.5 Å². The third kappa shape index (κ3) is 4.52. The fraction of sp³-hybridized carbons (Fsp3) is 0.259. The fourth-order valence-corrected chi connectivity index (χ4v) is 4.04. The standard InChI is InChI=1S/C27H28N2O3/c1-17-8-13-24(19(3)14-17)29-16-21(15-26(29)30)27(31)28-22-9-11-23(12-10-22)32-25-7-5-6-18(2)20(25)4/h5-14,21H,15-16H2,1-4H3,(H,28,31)/t21-/m0/s1. The van der Waals surface area contributed by atoms with Gasteiger partial charge in [0.2, 0.25) is 11.8 Å². The Morgan fingerprint density at radius 1 is 0.969 bits per heavy atom. The monoisotopic (exact) mass is 428 g/mol. The van der Waals surface area contributed by atoms with E-state index in [0.29, 0.717) is 18.0 Å². The number of anilines is 2. The first-order valence-electron chi connectivity index (χ1n) is 10.8. The van der Waals surface area contributed by atoms with E-state index < -0.39 is 0 Å². The lowest BCUT2D eigenvalue weighted by Crippen LogP contribution is -2.28. The molecule has 164 valence electrons.